The summed E-state index contributed by atoms with van der Waals surface area (Å²) in [5.41, 5.74) is 2.12. The maximum atomic E-state index is 14.3. The number of aliphatic imine (C=N–C) groups is 1. The van der Waals surface area contributed by atoms with E-state index in [1.54, 1.807) is 12.1 Å². The van der Waals surface area contributed by atoms with Gasteiger partial charge < -0.3 is 19.9 Å². The molecule has 4 aromatic rings. The Hall–Kier alpha value is -3.36. The van der Waals surface area contributed by atoms with E-state index in [9.17, 15) is 4.79 Å². The molecule has 0 saturated heterocycles. The van der Waals surface area contributed by atoms with Crippen LogP contribution >= 0.6 is 39.1 Å². The first-order chi connectivity index (χ1) is 20.9. The number of nitrogens with zero attached hydrogens (tertiary/aromatic N) is 1. The number of hydrogen-bond donors (Lipinski definition) is 2. The van der Waals surface area contributed by atoms with E-state index >= 15 is 0 Å². The molecule has 0 spiro atoms. The van der Waals surface area contributed by atoms with Gasteiger partial charge in [-0.1, -0.05) is 87.7 Å². The van der Waals surface area contributed by atoms with Crippen LogP contribution in [0.15, 0.2) is 107 Å². The number of aliphatic hydroxyl groups is 1. The van der Waals surface area contributed by atoms with Gasteiger partial charge in [-0.05, 0) is 71.6 Å². The molecule has 6 nitrogen and oxygen atoms in total. The quantitative estimate of drug-likeness (QED) is 0.153. The molecule has 0 aliphatic carbocycles. The Morgan fingerprint density at radius 1 is 1.00 bits per heavy atom. The van der Waals surface area contributed by atoms with Crippen LogP contribution in [0, 0.1) is 0 Å². The Bertz CT molecular complexity index is 1570. The van der Waals surface area contributed by atoms with Crippen molar-refractivity contribution in [3.63, 3.8) is 0 Å². The first kappa shape index (κ1) is 31.1. The zero-order valence-electron chi connectivity index (χ0n) is 23.3. The van der Waals surface area contributed by atoms with Gasteiger partial charge in [-0.15, -0.1) is 0 Å². The highest BCUT2D eigenvalue weighted by Crippen LogP contribution is 2.43. The second-order valence-electron chi connectivity index (χ2n) is 10.2. The number of halogens is 3. The maximum Gasteiger partial charge on any atom is 0.252 e. The molecular formula is C34H31BrCl2N2O4. The zero-order chi connectivity index (χ0) is 30.2. The highest BCUT2D eigenvalue weighted by molar-refractivity contribution is 9.10. The van der Waals surface area contributed by atoms with E-state index in [4.69, 9.17) is 42.8 Å². The Morgan fingerprint density at radius 2 is 1.74 bits per heavy atom. The smallest absolute Gasteiger partial charge is 0.252 e. The number of aliphatic hydroxyl groups excluding tert-OH is 1. The second-order valence-corrected chi connectivity index (χ2v) is 12.0. The van der Waals surface area contributed by atoms with Gasteiger partial charge in [-0.2, -0.15) is 0 Å². The number of nitrogens with one attached hydrogen (secondary N) is 1. The summed E-state index contributed by atoms with van der Waals surface area (Å²) in [5, 5.41) is 13.3. The van der Waals surface area contributed by atoms with E-state index in [0.717, 1.165) is 26.7 Å². The summed E-state index contributed by atoms with van der Waals surface area (Å²) in [7, 11) is 0. The predicted molar refractivity (Wildman–Crippen MR) is 174 cm³/mol. The lowest BCUT2D eigenvalue weighted by atomic mass is 9.82. The Balaban J connectivity index is 1.49. The SMILES string of the molecule is O=C(NCCc1ccc(Cl)cc1Cl)[C@]1(Cc2ccccc2)N=C(c2ccc(OCCCO)cc2)O[C@@H]1c1ccc(Br)cc1. The van der Waals surface area contributed by atoms with Crippen LogP contribution in [0.2, 0.25) is 10.0 Å². The third-order valence-electron chi connectivity index (χ3n) is 7.21. The fourth-order valence-electron chi connectivity index (χ4n) is 5.02. The van der Waals surface area contributed by atoms with Crippen molar-refractivity contribution in [2.24, 2.45) is 4.99 Å². The number of hydrogen-bond acceptors (Lipinski definition) is 5. The first-order valence-electron chi connectivity index (χ1n) is 14.0. The summed E-state index contributed by atoms with van der Waals surface area (Å²) in [4.78, 5) is 19.4. The lowest BCUT2D eigenvalue weighted by Crippen LogP contribution is -2.50. The molecule has 0 unspecified atom stereocenters. The number of carbonyl (C=O) groups excluding carboxylic acids is 1. The van der Waals surface area contributed by atoms with E-state index in [2.05, 4.69) is 21.2 Å². The molecule has 0 fully saturated rings. The van der Waals surface area contributed by atoms with Crippen molar-refractivity contribution in [3.05, 3.63) is 134 Å². The number of carbonyl (C=O) groups is 1. The average molecular weight is 682 g/mol. The van der Waals surface area contributed by atoms with Gasteiger partial charge in [0.1, 0.15) is 5.75 Å². The summed E-state index contributed by atoms with van der Waals surface area (Å²) in [6.07, 6.45) is 0.721. The Kier molecular flexibility index (Phi) is 10.4. The lowest BCUT2D eigenvalue weighted by Gasteiger charge is -2.31. The monoisotopic (exact) mass is 680 g/mol. The minimum atomic E-state index is -1.29. The molecular weight excluding hydrogens is 651 g/mol. The van der Waals surface area contributed by atoms with Crippen LogP contribution < -0.4 is 10.1 Å². The lowest BCUT2D eigenvalue weighted by molar-refractivity contribution is -0.128. The molecule has 4 aromatic carbocycles. The second kappa shape index (κ2) is 14.4. The van der Waals surface area contributed by atoms with Crippen LogP contribution in [0.4, 0.5) is 0 Å². The normalized spacial score (nSPS) is 17.7. The van der Waals surface area contributed by atoms with Crippen LogP contribution in [0.3, 0.4) is 0 Å². The maximum absolute atomic E-state index is 14.3. The molecule has 2 N–H and O–H groups in total. The summed E-state index contributed by atoms with van der Waals surface area (Å²) in [6, 6.07) is 30.4. The van der Waals surface area contributed by atoms with E-state index in [0.29, 0.717) is 54.1 Å². The predicted octanol–water partition coefficient (Wildman–Crippen LogP) is 7.38. The number of amides is 1. The third kappa shape index (κ3) is 7.60. The van der Waals surface area contributed by atoms with Gasteiger partial charge in [0.2, 0.25) is 5.90 Å². The van der Waals surface area contributed by atoms with Gasteiger partial charge in [0, 0.05) is 46.1 Å². The van der Waals surface area contributed by atoms with Crippen LogP contribution in [0.1, 0.15) is 34.8 Å². The topological polar surface area (TPSA) is 80.2 Å². The van der Waals surface area contributed by atoms with Crippen molar-refractivity contribution in [1.29, 1.82) is 0 Å². The fourth-order valence-corrected chi connectivity index (χ4v) is 5.78. The molecule has 0 saturated carbocycles. The number of ether oxygens (including phenoxy) is 2. The summed E-state index contributed by atoms with van der Waals surface area (Å²) in [6.45, 7) is 0.841. The minimum Gasteiger partial charge on any atom is -0.494 e. The molecule has 1 aliphatic rings. The van der Waals surface area contributed by atoms with Gasteiger partial charge in [0.25, 0.3) is 5.91 Å². The van der Waals surface area contributed by atoms with Crippen molar-refractivity contribution < 1.29 is 19.4 Å². The molecule has 0 bridgehead atoms. The van der Waals surface area contributed by atoms with E-state index in [-0.39, 0.29) is 12.5 Å². The van der Waals surface area contributed by atoms with Crippen molar-refractivity contribution >= 4 is 50.9 Å². The van der Waals surface area contributed by atoms with Gasteiger partial charge in [-0.3, -0.25) is 4.79 Å². The standard InChI is InChI=1S/C34H31BrCl2N2O4/c35-27-12-7-25(8-13-27)31-34(22-23-5-2-1-3-6-23,33(41)38-18-17-24-9-14-28(36)21-30(24)37)39-32(43-31)26-10-15-29(16-11-26)42-20-4-19-40/h1-3,5-16,21,31,40H,4,17-20,22H2,(H,38,41)/t31-,34-/m1/s1. The Labute approximate surface area is 269 Å². The van der Waals surface area contributed by atoms with Gasteiger partial charge >= 0.3 is 0 Å². The summed E-state index contributed by atoms with van der Waals surface area (Å²) >= 11 is 16.0. The van der Waals surface area contributed by atoms with E-state index in [1.165, 1.54) is 0 Å². The molecule has 222 valence electrons. The molecule has 0 radical (unpaired) electrons. The van der Waals surface area contributed by atoms with Crippen LogP contribution in [0.25, 0.3) is 0 Å². The van der Waals surface area contributed by atoms with Gasteiger partial charge in [-0.25, -0.2) is 4.99 Å². The molecule has 9 heteroatoms. The minimum absolute atomic E-state index is 0.0679. The third-order valence-corrected chi connectivity index (χ3v) is 8.33. The first-order valence-corrected chi connectivity index (χ1v) is 15.5. The van der Waals surface area contributed by atoms with Crippen LogP contribution in [0.5, 0.6) is 5.75 Å². The Morgan fingerprint density at radius 3 is 2.44 bits per heavy atom. The van der Waals surface area contributed by atoms with E-state index in [1.807, 2.05) is 84.9 Å². The highest BCUT2D eigenvalue weighted by Gasteiger charge is 2.53. The largest absolute Gasteiger partial charge is 0.494 e. The van der Waals surface area contributed by atoms with Gasteiger partial charge in [0.15, 0.2) is 11.6 Å². The number of benzene rings is 4. The zero-order valence-corrected chi connectivity index (χ0v) is 26.4. The van der Waals surface area contributed by atoms with E-state index < -0.39 is 11.6 Å². The molecule has 1 aliphatic heterocycles. The van der Waals surface area contributed by atoms with Crippen molar-refractivity contribution in [1.82, 2.24) is 5.32 Å². The van der Waals surface area contributed by atoms with Gasteiger partial charge in [0.05, 0.1) is 6.61 Å². The molecule has 1 amide bonds. The molecule has 5 rings (SSSR count). The average Bonchev–Trinajstić information content (AvgIpc) is 3.40. The van der Waals surface area contributed by atoms with Crippen LogP contribution in [-0.2, 0) is 22.4 Å². The molecule has 0 aromatic heterocycles. The number of rotatable bonds is 12. The fraction of sp³-hybridized carbons (Fsp3) is 0.235. The van der Waals surface area contributed by atoms with Crippen molar-refractivity contribution in [3.8, 4) is 5.75 Å². The molecule has 43 heavy (non-hydrogen) atoms. The summed E-state index contributed by atoms with van der Waals surface area (Å²) in [5.74, 6) is 0.810. The van der Waals surface area contributed by atoms with Crippen molar-refractivity contribution in [2.75, 3.05) is 19.8 Å². The molecule has 1 heterocycles. The van der Waals surface area contributed by atoms with Crippen LogP contribution in [-0.4, -0.2) is 42.2 Å². The highest BCUT2D eigenvalue weighted by atomic mass is 79.9. The van der Waals surface area contributed by atoms with Crippen molar-refractivity contribution in [2.45, 2.75) is 30.9 Å². The summed E-state index contributed by atoms with van der Waals surface area (Å²) < 4.78 is 13.2. The molecule has 2 atom stereocenters.